The highest BCUT2D eigenvalue weighted by Gasteiger charge is 2.54. The van der Waals surface area contributed by atoms with Crippen molar-refractivity contribution in [3.05, 3.63) is 53.9 Å². The molecule has 11 heteroatoms. The van der Waals surface area contributed by atoms with Gasteiger partial charge in [0.25, 0.3) is 11.8 Å². The molecular formula is C31H41N5O5S. The zero-order valence-corrected chi connectivity index (χ0v) is 26.0. The Morgan fingerprint density at radius 1 is 1.21 bits per heavy atom. The van der Waals surface area contributed by atoms with Crippen molar-refractivity contribution in [2.75, 3.05) is 44.7 Å². The van der Waals surface area contributed by atoms with E-state index < -0.39 is 20.7 Å². The standard InChI is InChI=1S/C31H41N5O5S/c1-7-8-31(9-10-31)42(39,40)36-19-21(4)28-24(29(37)32-18-25-27(41-6)15-22(5)33-30(25)38)16-23(17-26(28)36)35-13-11-34(12-14-35)20(2)3/h7,15-17,19-20,25H,1,8-14,18H2,2-6H3,(H,32,37). The smallest absolute Gasteiger partial charge is 0.258 e. The summed E-state index contributed by atoms with van der Waals surface area (Å²) in [5.74, 6) is -1.05. The number of piperazine rings is 1. The quantitative estimate of drug-likeness (QED) is 0.417. The van der Waals surface area contributed by atoms with Crippen molar-refractivity contribution in [1.82, 2.24) is 14.2 Å². The molecule has 1 N–H and O–H groups in total. The number of fused-ring (bicyclic) bond motifs is 1. The van der Waals surface area contributed by atoms with Crippen molar-refractivity contribution in [2.24, 2.45) is 10.9 Å². The molecule has 1 saturated carbocycles. The molecule has 2 aromatic rings. The number of nitrogens with zero attached hydrogens (tertiary/aromatic N) is 4. The summed E-state index contributed by atoms with van der Waals surface area (Å²) in [5.41, 5.74) is 2.90. The van der Waals surface area contributed by atoms with Crippen molar-refractivity contribution in [3.8, 4) is 0 Å². The van der Waals surface area contributed by atoms with E-state index in [1.807, 2.05) is 19.1 Å². The van der Waals surface area contributed by atoms with Crippen LogP contribution in [0.1, 0.15) is 56.0 Å². The van der Waals surface area contributed by atoms with Gasteiger partial charge in [0.1, 0.15) is 11.7 Å². The van der Waals surface area contributed by atoms with Gasteiger partial charge in [0, 0.05) is 61.7 Å². The first-order valence-electron chi connectivity index (χ1n) is 14.6. The molecule has 1 aliphatic carbocycles. The number of ether oxygens (including phenoxy) is 1. The Morgan fingerprint density at radius 3 is 2.50 bits per heavy atom. The summed E-state index contributed by atoms with van der Waals surface area (Å²) < 4.78 is 33.9. The maximum atomic E-state index is 14.0. The molecule has 3 heterocycles. The molecule has 1 unspecified atom stereocenters. The first-order chi connectivity index (χ1) is 19.9. The van der Waals surface area contributed by atoms with Gasteiger partial charge in [0.15, 0.2) is 0 Å². The highest BCUT2D eigenvalue weighted by molar-refractivity contribution is 7.91. The minimum atomic E-state index is -3.75. The van der Waals surface area contributed by atoms with Crippen LogP contribution in [0.25, 0.3) is 10.9 Å². The molecule has 10 nitrogen and oxygen atoms in total. The number of methoxy groups -OCH3 is 1. The molecule has 5 rings (SSSR count). The van der Waals surface area contributed by atoms with Crippen LogP contribution in [-0.2, 0) is 19.6 Å². The molecule has 0 spiro atoms. The highest BCUT2D eigenvalue weighted by atomic mass is 32.2. The first-order valence-corrected chi connectivity index (χ1v) is 16.0. The van der Waals surface area contributed by atoms with Crippen LogP contribution < -0.4 is 10.2 Å². The molecule has 2 fully saturated rings. The van der Waals surface area contributed by atoms with Gasteiger partial charge in [-0.1, -0.05) is 6.08 Å². The fourth-order valence-electron chi connectivity index (χ4n) is 6.14. The third-order valence-corrected chi connectivity index (χ3v) is 11.3. The number of carbonyl (C=O) groups is 2. The summed E-state index contributed by atoms with van der Waals surface area (Å²) in [6.45, 7) is 14.9. The summed E-state index contributed by atoms with van der Waals surface area (Å²) in [7, 11) is -2.26. The molecule has 3 aliphatic rings. The van der Waals surface area contributed by atoms with Crippen molar-refractivity contribution in [1.29, 1.82) is 0 Å². The van der Waals surface area contributed by atoms with Crippen LogP contribution in [-0.4, -0.2) is 85.4 Å². The van der Waals surface area contributed by atoms with E-state index in [1.165, 1.54) is 11.1 Å². The maximum Gasteiger partial charge on any atom is 0.258 e. The van der Waals surface area contributed by atoms with Gasteiger partial charge in [-0.2, -0.15) is 0 Å². The van der Waals surface area contributed by atoms with Crippen LogP contribution in [0, 0.1) is 12.8 Å². The Hall–Kier alpha value is -3.44. The topological polar surface area (TPSA) is 113 Å². The Bertz CT molecular complexity index is 1590. The zero-order valence-electron chi connectivity index (χ0n) is 25.1. The number of rotatable bonds is 10. The lowest BCUT2D eigenvalue weighted by Crippen LogP contribution is -2.49. The lowest BCUT2D eigenvalue weighted by molar-refractivity contribution is -0.121. The van der Waals surface area contributed by atoms with E-state index in [9.17, 15) is 18.0 Å². The number of aryl methyl sites for hydroxylation is 1. The summed E-state index contributed by atoms with van der Waals surface area (Å²) in [6, 6.07) is 4.18. The van der Waals surface area contributed by atoms with Crippen LogP contribution >= 0.6 is 0 Å². The van der Waals surface area contributed by atoms with Gasteiger partial charge in [-0.15, -0.1) is 6.58 Å². The monoisotopic (exact) mass is 595 g/mol. The number of hydrogen-bond acceptors (Lipinski definition) is 7. The van der Waals surface area contributed by atoms with Crippen molar-refractivity contribution in [2.45, 2.75) is 57.7 Å². The van der Waals surface area contributed by atoms with Gasteiger partial charge in [-0.3, -0.25) is 14.5 Å². The van der Waals surface area contributed by atoms with Crippen molar-refractivity contribution < 1.29 is 22.7 Å². The fourth-order valence-corrected chi connectivity index (χ4v) is 8.20. The number of hydrogen-bond donors (Lipinski definition) is 1. The lowest BCUT2D eigenvalue weighted by atomic mass is 10.0. The molecule has 0 bridgehead atoms. The SMILES string of the molecule is C=CCC1(S(=O)(=O)n2cc(C)c3c(C(=O)NCC4C(=O)N=C(C)C=C4OC)cc(N4CCN(C(C)C)CC4)cc32)CC1. The number of benzene rings is 1. The Balaban J connectivity index is 1.55. The van der Waals surface area contributed by atoms with Crippen LogP contribution in [0.4, 0.5) is 5.69 Å². The number of aromatic nitrogens is 1. The predicted octanol–water partition coefficient (Wildman–Crippen LogP) is 3.64. The van der Waals surface area contributed by atoms with Crippen LogP contribution in [0.5, 0.6) is 0 Å². The summed E-state index contributed by atoms with van der Waals surface area (Å²) in [6.07, 6.45) is 6.54. The number of amides is 2. The molecule has 0 radical (unpaired) electrons. The van der Waals surface area contributed by atoms with E-state index in [1.54, 1.807) is 25.3 Å². The molecule has 226 valence electrons. The molecule has 1 aromatic heterocycles. The Labute approximate surface area is 248 Å². The number of allylic oxidation sites excluding steroid dienone is 2. The molecular weight excluding hydrogens is 554 g/mol. The predicted molar refractivity (Wildman–Crippen MR) is 166 cm³/mol. The fraction of sp³-hybridized carbons (Fsp3) is 0.516. The molecule has 1 saturated heterocycles. The van der Waals surface area contributed by atoms with Crippen molar-refractivity contribution in [3.63, 3.8) is 0 Å². The van der Waals surface area contributed by atoms with Gasteiger partial charge < -0.3 is 15.0 Å². The van der Waals surface area contributed by atoms with Crippen LogP contribution in [0.2, 0.25) is 0 Å². The number of nitrogens with one attached hydrogen (secondary N) is 1. The third kappa shape index (κ3) is 5.28. The van der Waals surface area contributed by atoms with Crippen LogP contribution in [0.3, 0.4) is 0 Å². The number of anilines is 1. The minimum absolute atomic E-state index is 0.00735. The van der Waals surface area contributed by atoms with Gasteiger partial charge in [-0.25, -0.2) is 17.4 Å². The second kappa shape index (κ2) is 11.3. The van der Waals surface area contributed by atoms with E-state index in [4.69, 9.17) is 4.74 Å². The lowest BCUT2D eigenvalue weighted by Gasteiger charge is -2.38. The largest absolute Gasteiger partial charge is 0.500 e. The molecule has 2 amide bonds. The summed E-state index contributed by atoms with van der Waals surface area (Å²) in [5, 5.41) is 3.50. The van der Waals surface area contributed by atoms with Crippen molar-refractivity contribution >= 4 is 44.1 Å². The third-order valence-electron chi connectivity index (χ3n) is 8.81. The van der Waals surface area contributed by atoms with Gasteiger partial charge in [0.2, 0.25) is 10.0 Å². The van der Waals surface area contributed by atoms with E-state index in [2.05, 4.69) is 40.5 Å². The summed E-state index contributed by atoms with van der Waals surface area (Å²) >= 11 is 0. The highest BCUT2D eigenvalue weighted by Crippen LogP contribution is 2.49. The van der Waals surface area contributed by atoms with Crippen LogP contribution in [0.15, 0.2) is 47.8 Å². The van der Waals surface area contributed by atoms with E-state index in [0.717, 1.165) is 31.9 Å². The number of dihydropyridines is 1. The summed E-state index contributed by atoms with van der Waals surface area (Å²) in [4.78, 5) is 35.1. The molecule has 1 aromatic carbocycles. The normalized spacial score (nSPS) is 20.9. The molecule has 1 atom stereocenters. The van der Waals surface area contributed by atoms with Gasteiger partial charge in [-0.05, 0) is 70.7 Å². The van der Waals surface area contributed by atoms with Gasteiger partial charge in [0.05, 0.1) is 22.9 Å². The average molecular weight is 596 g/mol. The maximum absolute atomic E-state index is 14.0. The van der Waals surface area contributed by atoms with E-state index in [-0.39, 0.29) is 18.4 Å². The zero-order chi connectivity index (χ0) is 30.4. The second-order valence-corrected chi connectivity index (χ2v) is 14.1. The van der Waals surface area contributed by atoms with E-state index >= 15 is 0 Å². The molecule has 42 heavy (non-hydrogen) atoms. The average Bonchev–Trinajstić information content (AvgIpc) is 3.68. The first kappa shape index (κ1) is 30.0. The minimum Gasteiger partial charge on any atom is -0.500 e. The van der Waals surface area contributed by atoms with Gasteiger partial charge >= 0.3 is 0 Å². The Morgan fingerprint density at radius 2 is 1.90 bits per heavy atom. The Kier molecular flexibility index (Phi) is 8.10. The molecule has 2 aliphatic heterocycles. The van der Waals surface area contributed by atoms with E-state index in [0.29, 0.717) is 58.8 Å². The second-order valence-electron chi connectivity index (χ2n) is 11.9. The number of aliphatic imine (C=N–C) groups is 1. The number of carbonyl (C=O) groups excluding carboxylic acids is 2.